The molecule has 14 nitrogen and oxygen atoms in total. The number of hydrogen-bond acceptors (Lipinski definition) is 9. The van der Waals surface area contributed by atoms with Crippen LogP contribution >= 0.6 is 0 Å². The van der Waals surface area contributed by atoms with Crippen LogP contribution in [0.5, 0.6) is 0 Å². The summed E-state index contributed by atoms with van der Waals surface area (Å²) in [7, 11) is 0. The maximum absolute atomic E-state index is 14.6. The smallest absolute Gasteiger partial charge is 0.289 e. The molecule has 1 aliphatic heterocycles. The van der Waals surface area contributed by atoms with E-state index < -0.39 is 59.5 Å². The minimum Gasteiger partial charge on any atom is -0.347 e. The van der Waals surface area contributed by atoms with Gasteiger partial charge in [0.15, 0.2) is 5.78 Å². The van der Waals surface area contributed by atoms with Crippen molar-refractivity contribution in [3.63, 3.8) is 0 Å². The molecule has 0 spiro atoms. The molecule has 4 aliphatic rings. The monoisotopic (exact) mass is 719 g/mol. The lowest BCUT2D eigenvalue weighted by Crippen LogP contribution is -2.59. The summed E-state index contributed by atoms with van der Waals surface area (Å²) < 4.78 is 0. The Balaban J connectivity index is 1.37. The van der Waals surface area contributed by atoms with E-state index in [1.54, 1.807) is 13.0 Å². The zero-order valence-electron chi connectivity index (χ0n) is 30.3. The summed E-state index contributed by atoms with van der Waals surface area (Å²) in [4.78, 5) is 104. The molecule has 1 aromatic rings. The van der Waals surface area contributed by atoms with Gasteiger partial charge in [0.05, 0.1) is 12.2 Å². The van der Waals surface area contributed by atoms with Gasteiger partial charge in [-0.3, -0.25) is 38.5 Å². The molecule has 5 amide bonds. The molecule has 6 atom stereocenters. The van der Waals surface area contributed by atoms with Gasteiger partial charge in [-0.05, 0) is 82.1 Å². The summed E-state index contributed by atoms with van der Waals surface area (Å²) in [5, 5.41) is 11.3. The topological polar surface area (TPSA) is 197 Å². The van der Waals surface area contributed by atoms with Gasteiger partial charge in [0.1, 0.15) is 23.8 Å². The molecule has 1 aromatic heterocycles. The van der Waals surface area contributed by atoms with Crippen LogP contribution in [0.15, 0.2) is 30.7 Å². The largest absolute Gasteiger partial charge is 0.347 e. The first kappa shape index (κ1) is 38.7. The van der Waals surface area contributed by atoms with Crippen LogP contribution in [0, 0.1) is 17.8 Å². The number of amides is 5. The first-order valence-corrected chi connectivity index (χ1v) is 19.1. The van der Waals surface area contributed by atoms with Crippen molar-refractivity contribution >= 4 is 41.1 Å². The van der Waals surface area contributed by atoms with E-state index in [9.17, 15) is 33.6 Å². The predicted octanol–water partition coefficient (Wildman–Crippen LogP) is 2.33. The van der Waals surface area contributed by atoms with Crippen molar-refractivity contribution < 1.29 is 33.6 Å². The molecule has 0 unspecified atom stereocenters. The second-order valence-electron chi connectivity index (χ2n) is 14.8. The van der Waals surface area contributed by atoms with E-state index in [1.807, 2.05) is 6.92 Å². The Labute approximate surface area is 305 Å². The van der Waals surface area contributed by atoms with Crippen LogP contribution in [-0.2, 0) is 28.8 Å². The molecule has 52 heavy (non-hydrogen) atoms. The van der Waals surface area contributed by atoms with Crippen LogP contribution in [0.3, 0.4) is 0 Å². The number of ketones is 2. The fourth-order valence-electron chi connectivity index (χ4n) is 8.10. The fraction of sp³-hybridized carbons (Fsp3) is 0.658. The van der Waals surface area contributed by atoms with E-state index in [2.05, 4.69) is 31.2 Å². The number of aromatic nitrogens is 2. The highest BCUT2D eigenvalue weighted by Gasteiger charge is 2.51. The molecule has 0 aromatic carbocycles. The first-order chi connectivity index (χ1) is 25.1. The minimum absolute atomic E-state index is 0.0122. The number of nitrogens with zero attached hydrogens (tertiary/aromatic N) is 3. The van der Waals surface area contributed by atoms with Crippen molar-refractivity contribution in [2.24, 2.45) is 17.8 Å². The molecule has 14 heteroatoms. The Kier molecular flexibility index (Phi) is 13.6. The van der Waals surface area contributed by atoms with E-state index in [-0.39, 0.29) is 54.5 Å². The van der Waals surface area contributed by atoms with Crippen molar-refractivity contribution in [1.29, 1.82) is 0 Å². The van der Waals surface area contributed by atoms with Gasteiger partial charge in [-0.1, -0.05) is 45.1 Å². The number of rotatable bonds is 17. The Morgan fingerprint density at radius 2 is 1.65 bits per heavy atom. The van der Waals surface area contributed by atoms with Crippen LogP contribution in [0.2, 0.25) is 0 Å². The molecular formula is C38H53N7O7. The highest BCUT2D eigenvalue weighted by atomic mass is 16.2. The lowest BCUT2D eigenvalue weighted by molar-refractivity contribution is -0.144. The number of hydrogen-bond donors (Lipinski definition) is 4. The average molecular weight is 720 g/mol. The van der Waals surface area contributed by atoms with Gasteiger partial charge in [-0.15, -0.1) is 0 Å². The first-order valence-electron chi connectivity index (χ1n) is 19.1. The second-order valence-corrected chi connectivity index (χ2v) is 14.8. The average Bonchev–Trinajstić information content (AvgIpc) is 3.72. The SMILES string of the molecule is CC=CC(=O)CC[C@H](NC(=O)[C@@H](NC(=O)c1cnccn1)C1CCCCC1)C(=O)N1C[C@@H]2CCC[C@@H]2[C@H]1C(=O)N[C@@H](CCC)C(=O)C(=O)NC1CC1. The van der Waals surface area contributed by atoms with Crippen LogP contribution in [0.25, 0.3) is 0 Å². The molecule has 3 aliphatic carbocycles. The third kappa shape index (κ3) is 9.88. The summed E-state index contributed by atoms with van der Waals surface area (Å²) in [6.45, 7) is 3.87. The lowest BCUT2D eigenvalue weighted by atomic mass is 9.83. The van der Waals surface area contributed by atoms with Crippen molar-refractivity contribution in [3.05, 3.63) is 36.4 Å². The third-order valence-electron chi connectivity index (χ3n) is 10.9. The number of Topliss-reactive ketones (excluding diaryl/α,β-unsaturated/α-hetero) is 1. The highest BCUT2D eigenvalue weighted by molar-refractivity contribution is 6.38. The van der Waals surface area contributed by atoms with E-state index in [0.29, 0.717) is 25.8 Å². The third-order valence-corrected chi connectivity index (χ3v) is 10.9. The Bertz CT molecular complexity index is 1510. The quantitative estimate of drug-likeness (QED) is 0.138. The van der Waals surface area contributed by atoms with Crippen molar-refractivity contribution in [3.8, 4) is 0 Å². The summed E-state index contributed by atoms with van der Waals surface area (Å²) in [5.41, 5.74) is 0.0584. The molecule has 2 heterocycles. The lowest BCUT2D eigenvalue weighted by Gasteiger charge is -2.34. The van der Waals surface area contributed by atoms with Crippen molar-refractivity contribution in [1.82, 2.24) is 36.1 Å². The molecule has 4 N–H and O–H groups in total. The van der Waals surface area contributed by atoms with E-state index in [1.165, 1.54) is 29.6 Å². The minimum atomic E-state index is -1.16. The maximum atomic E-state index is 14.6. The number of carbonyl (C=O) groups is 7. The Morgan fingerprint density at radius 3 is 2.33 bits per heavy atom. The normalized spacial score (nSPS) is 23.3. The van der Waals surface area contributed by atoms with E-state index in [4.69, 9.17) is 0 Å². The van der Waals surface area contributed by atoms with Crippen molar-refractivity contribution in [2.75, 3.05) is 6.54 Å². The number of likely N-dealkylation sites (tertiary alicyclic amines) is 1. The van der Waals surface area contributed by atoms with Crippen LogP contribution in [-0.4, -0.2) is 92.7 Å². The molecule has 5 rings (SSSR count). The Hall–Kier alpha value is -4.49. The molecule has 0 bridgehead atoms. The van der Waals surface area contributed by atoms with Gasteiger partial charge in [0, 0.05) is 31.4 Å². The van der Waals surface area contributed by atoms with E-state index >= 15 is 0 Å². The molecule has 1 saturated heterocycles. The summed E-state index contributed by atoms with van der Waals surface area (Å²) in [5.74, 6) is -4.00. The standard InChI is InChI=1S/C38H53N7O7/c1-3-9-26(46)17-18-29(43-35(49)31(23-11-6-5-7-12-23)44-34(48)30-21-39-19-20-40-30)38(52)45-22-24-13-8-14-27(24)32(45)36(50)42-28(10-4-2)33(47)37(51)41-25-15-16-25/h3,9,19-21,23-25,27-29,31-32H,4-8,10-18,22H2,1-2H3,(H,41,51)(H,42,50)(H,43,49)(H,44,48)/t24-,27-,28-,29-,31-,32-/m0/s1. The molecule has 282 valence electrons. The number of fused-ring (bicyclic) bond motifs is 1. The zero-order valence-corrected chi connectivity index (χ0v) is 30.3. The summed E-state index contributed by atoms with van der Waals surface area (Å²) in [6.07, 6.45) is 16.3. The second kappa shape index (κ2) is 18.3. The van der Waals surface area contributed by atoms with Gasteiger partial charge >= 0.3 is 0 Å². The van der Waals surface area contributed by atoms with Crippen LogP contribution in [0.1, 0.15) is 114 Å². The van der Waals surface area contributed by atoms with Crippen LogP contribution in [0.4, 0.5) is 0 Å². The zero-order chi connectivity index (χ0) is 37.2. The molecule has 0 radical (unpaired) electrons. The maximum Gasteiger partial charge on any atom is 0.289 e. The Morgan fingerprint density at radius 1 is 0.885 bits per heavy atom. The number of nitrogens with one attached hydrogen (secondary N) is 4. The molecule has 3 saturated carbocycles. The van der Waals surface area contributed by atoms with Crippen LogP contribution < -0.4 is 21.3 Å². The summed E-state index contributed by atoms with van der Waals surface area (Å²) >= 11 is 0. The molecular weight excluding hydrogens is 666 g/mol. The number of allylic oxidation sites excluding steroid dienone is 2. The van der Waals surface area contributed by atoms with Crippen molar-refractivity contribution in [2.45, 2.75) is 134 Å². The van der Waals surface area contributed by atoms with Gasteiger partial charge in [0.25, 0.3) is 11.8 Å². The predicted molar refractivity (Wildman–Crippen MR) is 190 cm³/mol. The summed E-state index contributed by atoms with van der Waals surface area (Å²) in [6, 6.07) is -4.07. The number of carbonyl (C=O) groups excluding carboxylic acids is 7. The van der Waals surface area contributed by atoms with Gasteiger partial charge in [0.2, 0.25) is 23.5 Å². The molecule has 4 fully saturated rings. The van der Waals surface area contributed by atoms with E-state index in [0.717, 1.165) is 51.4 Å². The fourth-order valence-corrected chi connectivity index (χ4v) is 8.10. The van der Waals surface area contributed by atoms with Gasteiger partial charge in [-0.2, -0.15) is 0 Å². The van der Waals surface area contributed by atoms with Gasteiger partial charge in [-0.25, -0.2) is 4.98 Å². The highest BCUT2D eigenvalue weighted by Crippen LogP contribution is 2.42. The van der Waals surface area contributed by atoms with Gasteiger partial charge < -0.3 is 26.2 Å².